The van der Waals surface area contributed by atoms with Crippen molar-refractivity contribution >= 4 is 29.5 Å². The Labute approximate surface area is 541 Å². The van der Waals surface area contributed by atoms with E-state index in [1.54, 1.807) is 0 Å². The van der Waals surface area contributed by atoms with Gasteiger partial charge >= 0.3 is 0 Å². The fourth-order valence-corrected chi connectivity index (χ4v) is 13.8. The zero-order valence-electron chi connectivity index (χ0n) is 58.5. The first kappa shape index (κ1) is 74.9. The highest BCUT2D eigenvalue weighted by molar-refractivity contribution is 5.79. The van der Waals surface area contributed by atoms with Gasteiger partial charge in [-0.2, -0.15) is 0 Å². The van der Waals surface area contributed by atoms with Gasteiger partial charge in [-0.25, -0.2) is 0 Å². The maximum absolute atomic E-state index is 12.3. The third-order valence-electron chi connectivity index (χ3n) is 20.6. The van der Waals surface area contributed by atoms with Crippen molar-refractivity contribution in [2.45, 2.75) is 164 Å². The Morgan fingerprint density at radius 1 is 0.303 bits per heavy atom. The minimum absolute atomic E-state index is 0.313. The average molecular weight is 1260 g/mol. The molecule has 0 bridgehead atoms. The van der Waals surface area contributed by atoms with E-state index >= 15 is 0 Å². The first-order valence-electron chi connectivity index (χ1n) is 35.8. The second kappa shape index (κ2) is 40.2. The van der Waals surface area contributed by atoms with E-state index in [1.807, 2.05) is 24.5 Å². The van der Waals surface area contributed by atoms with Gasteiger partial charge in [-0.05, 0) is 159 Å². The predicted octanol–water partition coefficient (Wildman–Crippen LogP) is 3.77. The van der Waals surface area contributed by atoms with E-state index in [9.17, 15) is 24.0 Å². The highest BCUT2D eigenvalue weighted by atomic mass is 16.5. The van der Waals surface area contributed by atoms with Crippen LogP contribution in [0.1, 0.15) is 133 Å². The smallest absolute Gasteiger partial charge is 0.236 e. The monoisotopic (exact) mass is 1260 g/mol. The molecule has 1 atom stereocenters. The number of rotatable bonds is 15. The average Bonchev–Trinajstić information content (AvgIpc) is 4.43. The van der Waals surface area contributed by atoms with Gasteiger partial charge in [0.2, 0.25) is 29.5 Å². The van der Waals surface area contributed by atoms with Crippen molar-refractivity contribution in [2.75, 3.05) is 236 Å². The van der Waals surface area contributed by atoms with Crippen molar-refractivity contribution < 1.29 is 33.4 Å². The van der Waals surface area contributed by atoms with Gasteiger partial charge in [0.25, 0.3) is 0 Å². The number of carbonyl (C=O) groups is 5. The summed E-state index contributed by atoms with van der Waals surface area (Å²) in [4.78, 5) is 92.5. The summed E-state index contributed by atoms with van der Waals surface area (Å²) in [6.07, 6.45) is 10.9. The third-order valence-corrected chi connectivity index (χ3v) is 20.6. The number of ether oxygens (including phenoxy) is 2. The minimum Gasteiger partial charge on any atom is -0.381 e. The summed E-state index contributed by atoms with van der Waals surface area (Å²) in [6, 6.07) is 2.98. The van der Waals surface area contributed by atoms with Gasteiger partial charge in [0.15, 0.2) is 0 Å². The molecule has 0 aromatic rings. The van der Waals surface area contributed by atoms with Crippen LogP contribution in [-0.2, 0) is 33.4 Å². The van der Waals surface area contributed by atoms with Crippen LogP contribution >= 0.6 is 0 Å². The van der Waals surface area contributed by atoms with Crippen molar-refractivity contribution in [2.24, 2.45) is 11.8 Å². The fraction of sp³-hybridized carbons (Fsp3) is 0.926. The first-order chi connectivity index (χ1) is 42.7. The number of likely N-dealkylation sites (tertiary alicyclic amines) is 2. The van der Waals surface area contributed by atoms with Crippen LogP contribution in [0.2, 0.25) is 0 Å². The van der Waals surface area contributed by atoms with Crippen LogP contribution in [0.25, 0.3) is 0 Å². The first-order valence-corrected chi connectivity index (χ1v) is 35.8. The zero-order valence-corrected chi connectivity index (χ0v) is 58.5. The number of nitrogens with zero attached hydrogens (tertiary/aromatic N) is 14. The molecule has 10 heterocycles. The number of likely N-dealkylation sites (N-methyl/N-ethyl adjacent to an activating group) is 1. The van der Waals surface area contributed by atoms with Crippen LogP contribution in [0.3, 0.4) is 0 Å². The van der Waals surface area contributed by atoms with Gasteiger partial charge in [0.05, 0.1) is 19.6 Å². The van der Waals surface area contributed by atoms with E-state index in [0.29, 0.717) is 97.6 Å². The summed E-state index contributed by atoms with van der Waals surface area (Å²) in [5, 5.41) is 0. The molecule has 0 saturated carbocycles. The van der Waals surface area contributed by atoms with Crippen LogP contribution in [0, 0.1) is 11.8 Å². The summed E-state index contributed by atoms with van der Waals surface area (Å²) in [5.74, 6) is 2.66. The topological polar surface area (TPSA) is 149 Å². The molecule has 0 radical (unpaired) electrons. The summed E-state index contributed by atoms with van der Waals surface area (Å²) in [5.41, 5.74) is 0. The number of carbonyl (C=O) groups excluding carboxylic acids is 5. The lowest BCUT2D eigenvalue weighted by molar-refractivity contribution is -0.135. The summed E-state index contributed by atoms with van der Waals surface area (Å²) < 4.78 is 10.7. The molecule has 10 fully saturated rings. The summed E-state index contributed by atoms with van der Waals surface area (Å²) >= 11 is 0. The van der Waals surface area contributed by atoms with Gasteiger partial charge < -0.3 is 38.9 Å². The molecule has 10 saturated heterocycles. The second-order valence-electron chi connectivity index (χ2n) is 28.6. The normalized spacial score (nSPS) is 24.3. The van der Waals surface area contributed by atoms with Gasteiger partial charge in [0, 0.05) is 227 Å². The number of piperazine rings is 6. The molecule has 10 rings (SSSR count). The lowest BCUT2D eigenvalue weighted by Gasteiger charge is -2.38. The fourth-order valence-electron chi connectivity index (χ4n) is 13.8. The molecular formula is C68H130N14O7. The molecule has 10 aliphatic heterocycles. The van der Waals surface area contributed by atoms with Crippen molar-refractivity contribution in [3.63, 3.8) is 0 Å². The van der Waals surface area contributed by atoms with E-state index in [0.717, 1.165) is 235 Å². The van der Waals surface area contributed by atoms with Crippen molar-refractivity contribution in [1.29, 1.82) is 0 Å². The number of amides is 5. The van der Waals surface area contributed by atoms with Gasteiger partial charge in [-0.1, -0.05) is 6.42 Å². The van der Waals surface area contributed by atoms with Crippen molar-refractivity contribution in [3.8, 4) is 0 Å². The largest absolute Gasteiger partial charge is 0.381 e. The molecule has 10 aliphatic rings. The Balaban J connectivity index is 0.000000177. The van der Waals surface area contributed by atoms with Crippen LogP contribution < -0.4 is 0 Å². The van der Waals surface area contributed by atoms with Crippen LogP contribution in [0.4, 0.5) is 0 Å². The maximum atomic E-state index is 12.3. The second-order valence-corrected chi connectivity index (χ2v) is 28.6. The molecule has 0 spiro atoms. The van der Waals surface area contributed by atoms with E-state index < -0.39 is 0 Å². The molecular weight excluding hydrogens is 1120 g/mol. The molecule has 89 heavy (non-hydrogen) atoms. The van der Waals surface area contributed by atoms with E-state index in [2.05, 4.69) is 120 Å². The van der Waals surface area contributed by atoms with Gasteiger partial charge in [0.1, 0.15) is 0 Å². The molecule has 0 aromatic carbocycles. The van der Waals surface area contributed by atoms with E-state index in [4.69, 9.17) is 9.47 Å². The lowest BCUT2D eigenvalue weighted by atomic mass is 9.96. The standard InChI is InChI=1S/C14H28N4O.C14H27N3O.C14H26N2O2.C13H25N3O.C13H24N2O2/c1-13(2)17-8-10-18(11-9-17)14(19)12-16-6-4-15(3)5-7-16;1-13(2)16-8-10-17(11-9-16)14(18)12-15-6-4-3-5-7-15;1-12(2)15-5-7-16(8-6-15)14(17)11-13-3-9-18-10-4-13;1-12(2)15-7-9-16(10-8-15)13(17)11-14-5-3-4-6-14;1-11(2)14-4-6-15(7-5-14)13(16)9-12-3-8-17-10-12/h13H,4-12H2,1-3H3;13H,3-12H2,1-2H3;12-13H,3-11H2,1-2H3;12H,3-11H2,1-2H3;11-12H,3-10H2,1-2H3. The highest BCUT2D eigenvalue weighted by Crippen LogP contribution is 2.22. The molecule has 0 aromatic heterocycles. The molecule has 5 amide bonds. The molecule has 21 heteroatoms. The van der Waals surface area contributed by atoms with Crippen molar-refractivity contribution in [3.05, 3.63) is 0 Å². The van der Waals surface area contributed by atoms with E-state index in [-0.39, 0.29) is 0 Å². The Morgan fingerprint density at radius 2 is 0.562 bits per heavy atom. The molecule has 0 aliphatic carbocycles. The minimum atomic E-state index is 0.313. The number of piperidine rings is 1. The van der Waals surface area contributed by atoms with Crippen LogP contribution in [-0.4, -0.2) is 365 Å². The summed E-state index contributed by atoms with van der Waals surface area (Å²) in [6.45, 7) is 55.3. The van der Waals surface area contributed by atoms with Gasteiger partial charge in [-0.3, -0.25) is 63.2 Å². The highest BCUT2D eigenvalue weighted by Gasteiger charge is 2.31. The third kappa shape index (κ3) is 27.0. The summed E-state index contributed by atoms with van der Waals surface area (Å²) in [7, 11) is 2.14. The Hall–Kier alpha value is -3.09. The zero-order chi connectivity index (χ0) is 64.2. The maximum Gasteiger partial charge on any atom is 0.236 e. The Kier molecular flexibility index (Phi) is 33.9. The molecule has 0 N–H and O–H groups in total. The number of hydrogen-bond acceptors (Lipinski definition) is 16. The predicted molar refractivity (Wildman–Crippen MR) is 358 cm³/mol. The molecule has 514 valence electrons. The van der Waals surface area contributed by atoms with Crippen LogP contribution in [0.5, 0.6) is 0 Å². The quantitative estimate of drug-likeness (QED) is 0.234. The lowest BCUT2D eigenvalue weighted by Crippen LogP contribution is -2.54. The van der Waals surface area contributed by atoms with Gasteiger partial charge in [-0.15, -0.1) is 0 Å². The van der Waals surface area contributed by atoms with E-state index in [1.165, 1.54) is 32.1 Å². The van der Waals surface area contributed by atoms with Crippen molar-refractivity contribution in [1.82, 2.24) is 68.6 Å². The molecule has 21 nitrogen and oxygen atoms in total. The SMILES string of the molecule is CC(C)N1CCN(C(=O)CC2CCOC2)CC1.CC(C)N1CCN(C(=O)CC2CCOCC2)CC1.CC(C)N1CCN(C(=O)CN2CCCC2)CC1.CC(C)N1CCN(C(=O)CN2CCCCC2)CC1.CC(C)N1CCN(C(=O)CN2CCN(C)CC2)CC1. The number of hydrogen-bond donors (Lipinski definition) is 0. The molecule has 1 unspecified atom stereocenters. The Morgan fingerprint density at radius 3 is 0.854 bits per heavy atom. The van der Waals surface area contributed by atoms with Crippen LogP contribution in [0.15, 0.2) is 0 Å². The Bertz CT molecular complexity index is 1870.